The molecule has 1 saturated heterocycles. The SMILES string of the molecule is COc1ccc([C@H](CC(=O)O)NC(=O)[C@H](CC(C)C)N2C(=O)N(Cc3ccc(NC(=O)Nc4ccccc4)cc3)C3(CCCCC3)C2=O)c(OC)c1. The van der Waals surface area contributed by atoms with E-state index in [2.05, 4.69) is 16.0 Å². The maximum Gasteiger partial charge on any atom is 0.328 e. The Morgan fingerprint density at radius 1 is 0.865 bits per heavy atom. The van der Waals surface area contributed by atoms with Crippen molar-refractivity contribution in [2.45, 2.75) is 83.0 Å². The first-order valence-electron chi connectivity index (χ1n) is 17.6. The number of benzene rings is 3. The van der Waals surface area contributed by atoms with Gasteiger partial charge < -0.3 is 35.4 Å². The van der Waals surface area contributed by atoms with E-state index >= 15 is 0 Å². The number of carboxylic acid groups (broad SMARTS) is 1. The number of nitrogens with zero attached hydrogens (tertiary/aromatic N) is 2. The molecule has 5 rings (SSSR count). The van der Waals surface area contributed by atoms with Gasteiger partial charge in [0, 0.05) is 29.5 Å². The van der Waals surface area contributed by atoms with Crippen LogP contribution in [0.3, 0.4) is 0 Å². The summed E-state index contributed by atoms with van der Waals surface area (Å²) in [7, 11) is 2.93. The van der Waals surface area contributed by atoms with Gasteiger partial charge in [0.2, 0.25) is 5.91 Å². The van der Waals surface area contributed by atoms with E-state index in [1.807, 2.05) is 32.0 Å². The zero-order chi connectivity index (χ0) is 37.4. The summed E-state index contributed by atoms with van der Waals surface area (Å²) in [5, 5.41) is 18.2. The highest BCUT2D eigenvalue weighted by atomic mass is 16.5. The highest BCUT2D eigenvalue weighted by Crippen LogP contribution is 2.43. The van der Waals surface area contributed by atoms with Gasteiger partial charge in [0.25, 0.3) is 5.91 Å². The van der Waals surface area contributed by atoms with Gasteiger partial charge in [-0.1, -0.05) is 63.4 Å². The van der Waals surface area contributed by atoms with Gasteiger partial charge in [-0.25, -0.2) is 14.5 Å². The Morgan fingerprint density at radius 3 is 2.12 bits per heavy atom. The maximum atomic E-state index is 14.6. The first-order valence-corrected chi connectivity index (χ1v) is 17.6. The molecule has 4 N–H and O–H groups in total. The molecule has 1 saturated carbocycles. The molecule has 0 bridgehead atoms. The van der Waals surface area contributed by atoms with Crippen LogP contribution in [0.5, 0.6) is 11.5 Å². The lowest BCUT2D eigenvalue weighted by Gasteiger charge is -2.38. The number of nitrogens with one attached hydrogen (secondary N) is 3. The minimum Gasteiger partial charge on any atom is -0.497 e. The predicted molar refractivity (Wildman–Crippen MR) is 195 cm³/mol. The number of aliphatic carboxylic acids is 1. The van der Waals surface area contributed by atoms with Crippen molar-refractivity contribution < 1.29 is 38.6 Å². The van der Waals surface area contributed by atoms with E-state index in [-0.39, 0.29) is 18.9 Å². The molecule has 2 aliphatic rings. The first-order chi connectivity index (χ1) is 24.9. The fourth-order valence-corrected chi connectivity index (χ4v) is 7.11. The van der Waals surface area contributed by atoms with Crippen molar-refractivity contribution in [3.63, 3.8) is 0 Å². The van der Waals surface area contributed by atoms with Gasteiger partial charge in [-0.2, -0.15) is 0 Å². The standard InChI is InChI=1S/C39H47N5O8/c1-25(2)21-32(35(47)42-31(23-34(45)46)30-18-17-29(51-3)22-33(30)52-4)44-36(48)39(19-9-6-10-20-39)43(38(44)50)24-26-13-15-28(16-14-26)41-37(49)40-27-11-7-5-8-12-27/h5,7-8,11-18,22,25,31-32H,6,9-10,19-21,23-24H2,1-4H3,(H,42,47)(H,45,46)(H2,40,41,49)/t31-,32-/m0/s1. The second kappa shape index (κ2) is 16.6. The summed E-state index contributed by atoms with van der Waals surface area (Å²) < 4.78 is 10.8. The molecule has 0 unspecified atom stereocenters. The number of anilines is 2. The number of carbonyl (C=O) groups is 5. The van der Waals surface area contributed by atoms with Gasteiger partial charge in [0.15, 0.2) is 0 Å². The average Bonchev–Trinajstić information content (AvgIpc) is 3.31. The molecule has 52 heavy (non-hydrogen) atoms. The quantitative estimate of drug-likeness (QED) is 0.136. The van der Waals surface area contributed by atoms with Gasteiger partial charge in [0.05, 0.1) is 26.7 Å². The molecule has 3 aromatic carbocycles. The predicted octanol–water partition coefficient (Wildman–Crippen LogP) is 6.56. The summed E-state index contributed by atoms with van der Waals surface area (Å²) >= 11 is 0. The normalized spacial score (nSPS) is 16.4. The number of urea groups is 2. The number of rotatable bonds is 14. The van der Waals surface area contributed by atoms with Crippen molar-refractivity contribution in [1.29, 1.82) is 0 Å². The minimum absolute atomic E-state index is 0.0831. The van der Waals surface area contributed by atoms with E-state index in [0.717, 1.165) is 29.7 Å². The number of methoxy groups -OCH3 is 2. The number of carbonyl (C=O) groups excluding carboxylic acids is 4. The minimum atomic E-state index is -1.18. The number of carboxylic acids is 1. The van der Waals surface area contributed by atoms with E-state index in [1.54, 1.807) is 59.5 Å². The van der Waals surface area contributed by atoms with Crippen LogP contribution in [0.1, 0.15) is 76.0 Å². The molecule has 3 aromatic rings. The van der Waals surface area contributed by atoms with Crippen LogP contribution < -0.4 is 25.4 Å². The lowest BCUT2D eigenvalue weighted by Crippen LogP contribution is -2.53. The van der Waals surface area contributed by atoms with E-state index in [0.29, 0.717) is 41.3 Å². The lowest BCUT2D eigenvalue weighted by atomic mass is 9.80. The van der Waals surface area contributed by atoms with Crippen LogP contribution in [0, 0.1) is 5.92 Å². The maximum absolute atomic E-state index is 14.6. The fourth-order valence-electron chi connectivity index (χ4n) is 7.11. The highest BCUT2D eigenvalue weighted by molar-refractivity contribution is 6.10. The van der Waals surface area contributed by atoms with E-state index < -0.39 is 53.9 Å². The van der Waals surface area contributed by atoms with Crippen molar-refractivity contribution in [2.24, 2.45) is 5.92 Å². The van der Waals surface area contributed by atoms with Crippen LogP contribution in [0.15, 0.2) is 72.8 Å². The number of hydrogen-bond donors (Lipinski definition) is 4. The van der Waals surface area contributed by atoms with Crippen LogP contribution in [0.25, 0.3) is 0 Å². The second-order valence-corrected chi connectivity index (χ2v) is 13.7. The van der Waals surface area contributed by atoms with Gasteiger partial charge in [0.1, 0.15) is 23.1 Å². The summed E-state index contributed by atoms with van der Waals surface area (Å²) in [6.07, 6.45) is 3.09. The smallest absolute Gasteiger partial charge is 0.328 e. The molecular formula is C39H47N5O8. The zero-order valence-corrected chi connectivity index (χ0v) is 30.0. The average molecular weight is 714 g/mol. The van der Waals surface area contributed by atoms with Crippen LogP contribution in [-0.2, 0) is 20.9 Å². The van der Waals surface area contributed by atoms with Gasteiger partial charge in [-0.15, -0.1) is 0 Å². The Hall–Kier alpha value is -5.59. The Labute approximate surface area is 303 Å². The van der Waals surface area contributed by atoms with Gasteiger partial charge in [-0.3, -0.25) is 14.4 Å². The van der Waals surface area contributed by atoms with E-state index in [4.69, 9.17) is 9.47 Å². The van der Waals surface area contributed by atoms with Gasteiger partial charge in [-0.05, 0) is 67.1 Å². The lowest BCUT2D eigenvalue weighted by molar-refractivity contribution is -0.142. The third kappa shape index (κ3) is 8.47. The largest absolute Gasteiger partial charge is 0.497 e. The molecule has 1 spiro atoms. The van der Waals surface area contributed by atoms with Crippen LogP contribution in [-0.4, -0.2) is 70.6 Å². The molecule has 13 heteroatoms. The fraction of sp³-hybridized carbons (Fsp3) is 0.410. The molecule has 2 fully saturated rings. The molecule has 0 radical (unpaired) electrons. The van der Waals surface area contributed by atoms with Gasteiger partial charge >= 0.3 is 18.0 Å². The van der Waals surface area contributed by atoms with E-state index in [9.17, 15) is 29.1 Å². The third-order valence-electron chi connectivity index (χ3n) is 9.66. The molecule has 1 heterocycles. The summed E-state index contributed by atoms with van der Waals surface area (Å²) in [5.41, 5.74) is 1.26. The number of amides is 6. The van der Waals surface area contributed by atoms with Crippen molar-refractivity contribution >= 4 is 41.2 Å². The van der Waals surface area contributed by atoms with Crippen LogP contribution >= 0.6 is 0 Å². The summed E-state index contributed by atoms with van der Waals surface area (Å²) in [5.74, 6) is -1.46. The molecule has 6 amide bonds. The Balaban J connectivity index is 1.40. The summed E-state index contributed by atoms with van der Waals surface area (Å²) in [6.45, 7) is 3.92. The number of imide groups is 1. The summed E-state index contributed by atoms with van der Waals surface area (Å²) in [6, 6.07) is 17.8. The second-order valence-electron chi connectivity index (χ2n) is 13.7. The number of ether oxygens (including phenoxy) is 2. The Morgan fingerprint density at radius 2 is 1.52 bits per heavy atom. The zero-order valence-electron chi connectivity index (χ0n) is 30.0. The Kier molecular flexibility index (Phi) is 12.0. The van der Waals surface area contributed by atoms with E-state index in [1.165, 1.54) is 14.2 Å². The highest BCUT2D eigenvalue weighted by Gasteiger charge is 2.59. The molecule has 1 aliphatic carbocycles. The summed E-state index contributed by atoms with van der Waals surface area (Å²) in [4.78, 5) is 70.5. The van der Waals surface area contributed by atoms with Crippen molar-refractivity contribution in [2.75, 3.05) is 24.9 Å². The molecule has 0 aromatic heterocycles. The molecule has 13 nitrogen and oxygen atoms in total. The third-order valence-corrected chi connectivity index (χ3v) is 9.66. The first kappa shape index (κ1) is 37.7. The Bertz CT molecular complexity index is 1760. The topological polar surface area (TPSA) is 167 Å². The van der Waals surface area contributed by atoms with Crippen LogP contribution in [0.2, 0.25) is 0 Å². The molecular weight excluding hydrogens is 666 g/mol. The van der Waals surface area contributed by atoms with Crippen molar-refractivity contribution in [1.82, 2.24) is 15.1 Å². The molecule has 1 aliphatic heterocycles. The number of para-hydroxylation sites is 1. The van der Waals surface area contributed by atoms with Crippen molar-refractivity contribution in [3.8, 4) is 11.5 Å². The molecule has 276 valence electrons. The number of hydrogen-bond acceptors (Lipinski definition) is 7. The molecule has 2 atom stereocenters. The van der Waals surface area contributed by atoms with Crippen LogP contribution in [0.4, 0.5) is 21.0 Å². The van der Waals surface area contributed by atoms with Crippen molar-refractivity contribution in [3.05, 3.63) is 83.9 Å². The monoisotopic (exact) mass is 713 g/mol.